The highest BCUT2D eigenvalue weighted by atomic mass is 16.3. The second-order valence-corrected chi connectivity index (χ2v) is 14.1. The maximum atomic E-state index is 6.79. The molecule has 0 aliphatic rings. The van der Waals surface area contributed by atoms with Crippen LogP contribution in [0.4, 0.5) is 0 Å². The molecule has 0 radical (unpaired) electrons. The first kappa shape index (κ1) is 27.5. The Kier molecular flexibility index (Phi) is 5.06. The summed E-state index contributed by atoms with van der Waals surface area (Å²) in [5.74, 6) is 1.39. The average Bonchev–Trinajstić information content (AvgIpc) is 3.96. The standard InChI is InChI=1S/C48H26N4O/c1-2-13-29-25-30(22-21-27(29)11-1)47-49-43-34-17-7-10-20-40(34)53-46(43)48(50-47)52-39-24-23-28-12-3-4-14-31(28)41(39)36-26-35-32-15-5-8-18-37(32)51-38-19-9-6-16-33(38)42(44(35)51)45(36)52/h1-26H. The van der Waals surface area contributed by atoms with Gasteiger partial charge in [0.15, 0.2) is 17.2 Å². The molecule has 0 fully saturated rings. The van der Waals surface area contributed by atoms with Crippen LogP contribution in [0.15, 0.2) is 162 Å². The first-order valence-electron chi connectivity index (χ1n) is 18.0. The van der Waals surface area contributed by atoms with E-state index in [9.17, 15) is 0 Å². The van der Waals surface area contributed by atoms with Gasteiger partial charge in [0, 0.05) is 43.3 Å². The average molecular weight is 675 g/mol. The van der Waals surface area contributed by atoms with E-state index in [-0.39, 0.29) is 0 Å². The van der Waals surface area contributed by atoms with E-state index in [1.165, 1.54) is 65.0 Å². The van der Waals surface area contributed by atoms with Crippen LogP contribution < -0.4 is 0 Å². The topological polar surface area (TPSA) is 48.3 Å². The van der Waals surface area contributed by atoms with Crippen LogP contribution in [-0.4, -0.2) is 18.9 Å². The number of rotatable bonds is 2. The summed E-state index contributed by atoms with van der Waals surface area (Å²) in [4.78, 5) is 10.8. The van der Waals surface area contributed by atoms with Gasteiger partial charge >= 0.3 is 0 Å². The number of fused-ring (bicyclic) bond motifs is 16. The van der Waals surface area contributed by atoms with Gasteiger partial charge in [0.1, 0.15) is 11.1 Å². The SMILES string of the molecule is c1ccc2cc(-c3nc(-n4c5ccc6ccccc6c5c5cc6c7ccccc7n7c8ccccc8c(c54)c67)c4oc5ccccc5c4n3)ccc2c1. The van der Waals surface area contributed by atoms with Crippen LogP contribution in [0.3, 0.4) is 0 Å². The molecule has 5 heterocycles. The molecule has 5 nitrogen and oxygen atoms in total. The molecule has 0 aliphatic carbocycles. The Labute approximate surface area is 300 Å². The van der Waals surface area contributed by atoms with Gasteiger partial charge in [0.2, 0.25) is 0 Å². The third-order valence-electron chi connectivity index (χ3n) is 11.4. The van der Waals surface area contributed by atoms with E-state index in [0.717, 1.165) is 44.3 Å². The van der Waals surface area contributed by atoms with Gasteiger partial charge < -0.3 is 8.82 Å². The number of aromatic nitrogens is 4. The third kappa shape index (κ3) is 3.46. The van der Waals surface area contributed by atoms with Crippen molar-refractivity contribution in [1.82, 2.24) is 18.9 Å². The maximum Gasteiger partial charge on any atom is 0.197 e. The summed E-state index contributed by atoms with van der Waals surface area (Å²) in [5.41, 5.74) is 9.03. The molecule has 0 bridgehead atoms. The lowest BCUT2D eigenvalue weighted by molar-refractivity contribution is 0.662. The summed E-state index contributed by atoms with van der Waals surface area (Å²) in [6, 6.07) is 56.3. The van der Waals surface area contributed by atoms with E-state index >= 15 is 0 Å². The lowest BCUT2D eigenvalue weighted by Crippen LogP contribution is -2.02. The summed E-state index contributed by atoms with van der Waals surface area (Å²) in [6.07, 6.45) is 0. The Morgan fingerprint density at radius 2 is 1.11 bits per heavy atom. The van der Waals surface area contributed by atoms with E-state index < -0.39 is 0 Å². The summed E-state index contributed by atoms with van der Waals surface area (Å²) in [7, 11) is 0. The minimum Gasteiger partial charge on any atom is -0.450 e. The van der Waals surface area contributed by atoms with Crippen molar-refractivity contribution in [3.05, 3.63) is 158 Å². The molecule has 0 atom stereocenters. The van der Waals surface area contributed by atoms with Gasteiger partial charge in [-0.05, 0) is 64.0 Å². The highest BCUT2D eigenvalue weighted by Gasteiger charge is 2.28. The molecule has 13 aromatic rings. The second-order valence-electron chi connectivity index (χ2n) is 14.1. The predicted molar refractivity (Wildman–Crippen MR) is 219 cm³/mol. The fourth-order valence-corrected chi connectivity index (χ4v) is 9.18. The Balaban J connectivity index is 1.30. The van der Waals surface area contributed by atoms with Crippen molar-refractivity contribution in [2.24, 2.45) is 0 Å². The smallest absolute Gasteiger partial charge is 0.197 e. The molecule has 0 unspecified atom stereocenters. The van der Waals surface area contributed by atoms with Crippen LogP contribution in [0.5, 0.6) is 0 Å². The number of hydrogen-bond donors (Lipinski definition) is 0. The summed E-state index contributed by atoms with van der Waals surface area (Å²) in [6.45, 7) is 0. The molecular weight excluding hydrogens is 649 g/mol. The fourth-order valence-electron chi connectivity index (χ4n) is 9.18. The zero-order valence-electron chi connectivity index (χ0n) is 28.2. The third-order valence-corrected chi connectivity index (χ3v) is 11.4. The molecule has 0 saturated carbocycles. The number of nitrogens with zero attached hydrogens (tertiary/aromatic N) is 4. The Morgan fingerprint density at radius 3 is 1.98 bits per heavy atom. The van der Waals surface area contributed by atoms with E-state index in [0.29, 0.717) is 11.4 Å². The Morgan fingerprint density at radius 1 is 0.434 bits per heavy atom. The Hall–Kier alpha value is -7.24. The summed E-state index contributed by atoms with van der Waals surface area (Å²) >= 11 is 0. The van der Waals surface area contributed by atoms with E-state index in [2.05, 4.69) is 155 Å². The normalized spacial score (nSPS) is 12.5. The van der Waals surface area contributed by atoms with Crippen LogP contribution in [-0.2, 0) is 0 Å². The van der Waals surface area contributed by atoms with Crippen LogP contribution in [0.25, 0.3) is 121 Å². The summed E-state index contributed by atoms with van der Waals surface area (Å²) in [5, 5.41) is 13.0. The van der Waals surface area contributed by atoms with Crippen LogP contribution >= 0.6 is 0 Å². The number of benzene rings is 8. The molecule has 0 spiro atoms. The maximum absolute atomic E-state index is 6.79. The molecule has 5 aromatic heterocycles. The number of para-hydroxylation sites is 3. The molecule has 5 heteroatoms. The van der Waals surface area contributed by atoms with Gasteiger partial charge in [-0.1, -0.05) is 115 Å². The van der Waals surface area contributed by atoms with Crippen molar-refractivity contribution in [3.8, 4) is 17.2 Å². The van der Waals surface area contributed by atoms with Gasteiger partial charge in [0.05, 0.1) is 27.6 Å². The van der Waals surface area contributed by atoms with Crippen molar-refractivity contribution in [2.75, 3.05) is 0 Å². The minimum absolute atomic E-state index is 0.660. The van der Waals surface area contributed by atoms with Crippen molar-refractivity contribution in [2.45, 2.75) is 0 Å². The first-order valence-corrected chi connectivity index (χ1v) is 18.0. The van der Waals surface area contributed by atoms with Crippen LogP contribution in [0.2, 0.25) is 0 Å². The van der Waals surface area contributed by atoms with Crippen LogP contribution in [0.1, 0.15) is 0 Å². The number of furan rings is 1. The zero-order chi connectivity index (χ0) is 34.4. The quantitative estimate of drug-likeness (QED) is 0.183. The Bertz CT molecular complexity index is 3700. The first-order chi connectivity index (χ1) is 26.3. The largest absolute Gasteiger partial charge is 0.450 e. The lowest BCUT2D eigenvalue weighted by Gasteiger charge is -2.11. The highest BCUT2D eigenvalue weighted by molar-refractivity contribution is 6.36. The van der Waals surface area contributed by atoms with Crippen molar-refractivity contribution in [1.29, 1.82) is 0 Å². The fraction of sp³-hybridized carbons (Fsp3) is 0. The molecule has 0 amide bonds. The van der Waals surface area contributed by atoms with E-state index in [4.69, 9.17) is 14.4 Å². The van der Waals surface area contributed by atoms with E-state index in [1.807, 2.05) is 12.1 Å². The molecule has 0 N–H and O–H groups in total. The summed E-state index contributed by atoms with van der Waals surface area (Å²) < 4.78 is 11.6. The zero-order valence-corrected chi connectivity index (χ0v) is 28.2. The lowest BCUT2D eigenvalue weighted by atomic mass is 10.0. The van der Waals surface area contributed by atoms with Crippen molar-refractivity contribution >= 4 is 104 Å². The van der Waals surface area contributed by atoms with Gasteiger partial charge in [-0.25, -0.2) is 9.97 Å². The molecule has 0 aliphatic heterocycles. The minimum atomic E-state index is 0.660. The van der Waals surface area contributed by atoms with Gasteiger partial charge in [-0.2, -0.15) is 0 Å². The van der Waals surface area contributed by atoms with E-state index in [1.54, 1.807) is 0 Å². The van der Waals surface area contributed by atoms with Crippen molar-refractivity contribution < 1.29 is 4.42 Å². The van der Waals surface area contributed by atoms with Crippen molar-refractivity contribution in [3.63, 3.8) is 0 Å². The molecule has 0 saturated heterocycles. The molecule has 13 rings (SSSR count). The molecule has 8 aromatic carbocycles. The van der Waals surface area contributed by atoms with Crippen LogP contribution in [0, 0.1) is 0 Å². The second kappa shape index (κ2) is 9.75. The van der Waals surface area contributed by atoms with Gasteiger partial charge in [-0.15, -0.1) is 0 Å². The molecule has 244 valence electrons. The number of hydrogen-bond acceptors (Lipinski definition) is 3. The molecular formula is C48H26N4O. The highest BCUT2D eigenvalue weighted by Crippen LogP contribution is 2.48. The predicted octanol–water partition coefficient (Wildman–Crippen LogP) is 12.6. The monoisotopic (exact) mass is 674 g/mol. The van der Waals surface area contributed by atoms with Gasteiger partial charge in [0.25, 0.3) is 0 Å². The van der Waals surface area contributed by atoms with Gasteiger partial charge in [-0.3, -0.25) is 4.57 Å². The molecule has 53 heavy (non-hydrogen) atoms.